The Balaban J connectivity index is 2.28. The zero-order chi connectivity index (χ0) is 7.68. The molecule has 1 aliphatic carbocycles. The van der Waals surface area contributed by atoms with Crippen LogP contribution in [0, 0.1) is 0 Å². The Bertz CT molecular complexity index is 282. The van der Waals surface area contributed by atoms with Crippen molar-refractivity contribution >= 4 is 0 Å². The number of H-pyrrole nitrogens is 1. The second-order valence-corrected chi connectivity index (χ2v) is 3.01. The molecule has 0 spiro atoms. The van der Waals surface area contributed by atoms with Crippen molar-refractivity contribution in [3.05, 3.63) is 16.8 Å². The van der Waals surface area contributed by atoms with Crippen LogP contribution in [0.2, 0.25) is 0 Å². The summed E-state index contributed by atoms with van der Waals surface area (Å²) in [5, 5.41) is 6.09. The SMILES string of the molecule is O=c1[nH]ncn1C1CCCC1. The second-order valence-electron chi connectivity index (χ2n) is 3.01. The highest BCUT2D eigenvalue weighted by Gasteiger charge is 2.17. The van der Waals surface area contributed by atoms with Crippen molar-refractivity contribution in [3.8, 4) is 0 Å². The van der Waals surface area contributed by atoms with E-state index < -0.39 is 0 Å². The summed E-state index contributed by atoms with van der Waals surface area (Å²) in [6, 6.07) is 0.404. The summed E-state index contributed by atoms with van der Waals surface area (Å²) in [4.78, 5) is 11.1. The molecule has 1 heterocycles. The van der Waals surface area contributed by atoms with Crippen molar-refractivity contribution in [1.29, 1.82) is 0 Å². The van der Waals surface area contributed by atoms with E-state index in [1.54, 1.807) is 10.9 Å². The molecule has 1 N–H and O–H groups in total. The van der Waals surface area contributed by atoms with Crippen molar-refractivity contribution in [2.75, 3.05) is 0 Å². The van der Waals surface area contributed by atoms with Crippen LogP contribution in [-0.2, 0) is 0 Å². The van der Waals surface area contributed by atoms with E-state index in [0.29, 0.717) is 6.04 Å². The zero-order valence-corrected chi connectivity index (χ0v) is 6.29. The molecule has 0 bridgehead atoms. The standard InChI is InChI=1S/C7H11N3O/c11-7-9-8-5-10(7)6-3-1-2-4-6/h5-6H,1-4H2,(H,9,11). The number of rotatable bonds is 1. The van der Waals surface area contributed by atoms with E-state index >= 15 is 0 Å². The molecule has 1 aliphatic rings. The average molecular weight is 153 g/mol. The molecule has 0 amide bonds. The monoisotopic (exact) mass is 153 g/mol. The van der Waals surface area contributed by atoms with E-state index in [4.69, 9.17) is 0 Å². The Morgan fingerprint density at radius 2 is 2.27 bits per heavy atom. The molecule has 0 aliphatic heterocycles. The van der Waals surface area contributed by atoms with Crippen molar-refractivity contribution < 1.29 is 0 Å². The first-order valence-corrected chi connectivity index (χ1v) is 3.99. The van der Waals surface area contributed by atoms with Crippen LogP contribution in [0.3, 0.4) is 0 Å². The van der Waals surface area contributed by atoms with Crippen LogP contribution in [0.15, 0.2) is 11.1 Å². The van der Waals surface area contributed by atoms with Gasteiger partial charge in [-0.2, -0.15) is 5.10 Å². The van der Waals surface area contributed by atoms with E-state index in [0.717, 1.165) is 12.8 Å². The summed E-state index contributed by atoms with van der Waals surface area (Å²) in [7, 11) is 0. The summed E-state index contributed by atoms with van der Waals surface area (Å²) >= 11 is 0. The lowest BCUT2D eigenvalue weighted by molar-refractivity contribution is 0.503. The Kier molecular flexibility index (Phi) is 1.52. The van der Waals surface area contributed by atoms with Gasteiger partial charge in [-0.15, -0.1) is 0 Å². The minimum Gasteiger partial charge on any atom is -0.279 e. The number of aromatic nitrogens is 3. The van der Waals surface area contributed by atoms with Crippen LogP contribution in [0.5, 0.6) is 0 Å². The van der Waals surface area contributed by atoms with E-state index in [9.17, 15) is 4.79 Å². The van der Waals surface area contributed by atoms with E-state index in [1.165, 1.54) is 12.8 Å². The lowest BCUT2D eigenvalue weighted by Crippen LogP contribution is -2.19. The van der Waals surface area contributed by atoms with Gasteiger partial charge in [-0.05, 0) is 12.8 Å². The van der Waals surface area contributed by atoms with Gasteiger partial charge in [0.1, 0.15) is 6.33 Å². The van der Waals surface area contributed by atoms with Gasteiger partial charge in [-0.1, -0.05) is 12.8 Å². The normalized spacial score (nSPS) is 19.3. The predicted molar refractivity (Wildman–Crippen MR) is 40.4 cm³/mol. The van der Waals surface area contributed by atoms with Crippen molar-refractivity contribution in [1.82, 2.24) is 14.8 Å². The third-order valence-corrected chi connectivity index (χ3v) is 2.29. The van der Waals surface area contributed by atoms with Crippen molar-refractivity contribution in [3.63, 3.8) is 0 Å². The van der Waals surface area contributed by atoms with Gasteiger partial charge in [-0.3, -0.25) is 4.57 Å². The molecule has 0 aromatic carbocycles. The first-order valence-electron chi connectivity index (χ1n) is 3.99. The Morgan fingerprint density at radius 1 is 1.55 bits per heavy atom. The third kappa shape index (κ3) is 1.08. The summed E-state index contributed by atoms with van der Waals surface area (Å²) < 4.78 is 1.70. The van der Waals surface area contributed by atoms with Crippen LogP contribution in [0.1, 0.15) is 31.7 Å². The van der Waals surface area contributed by atoms with Gasteiger partial charge in [0, 0.05) is 6.04 Å². The van der Waals surface area contributed by atoms with Gasteiger partial charge < -0.3 is 0 Å². The van der Waals surface area contributed by atoms with Crippen molar-refractivity contribution in [2.45, 2.75) is 31.7 Å². The Hall–Kier alpha value is -1.06. The molecule has 60 valence electrons. The fourth-order valence-corrected chi connectivity index (χ4v) is 1.70. The van der Waals surface area contributed by atoms with Crippen LogP contribution < -0.4 is 5.69 Å². The summed E-state index contributed by atoms with van der Waals surface area (Å²) in [6.07, 6.45) is 6.32. The minimum absolute atomic E-state index is 0.0723. The van der Waals surface area contributed by atoms with Crippen LogP contribution >= 0.6 is 0 Å². The molecule has 4 nitrogen and oxygen atoms in total. The predicted octanol–water partition coefficient (Wildman–Crippen LogP) is 0.686. The first-order chi connectivity index (χ1) is 5.38. The highest BCUT2D eigenvalue weighted by atomic mass is 16.1. The van der Waals surface area contributed by atoms with Gasteiger partial charge in [0.05, 0.1) is 0 Å². The Labute approximate surface area is 64.2 Å². The molecule has 0 radical (unpaired) electrons. The highest BCUT2D eigenvalue weighted by Crippen LogP contribution is 2.27. The molecule has 1 aromatic heterocycles. The van der Waals surface area contributed by atoms with Crippen LogP contribution in [0.4, 0.5) is 0 Å². The maximum absolute atomic E-state index is 11.1. The smallest absolute Gasteiger partial charge is 0.279 e. The maximum Gasteiger partial charge on any atom is 0.343 e. The van der Waals surface area contributed by atoms with Gasteiger partial charge >= 0.3 is 5.69 Å². The molecular formula is C7H11N3O. The zero-order valence-electron chi connectivity index (χ0n) is 6.29. The summed E-state index contributed by atoms with van der Waals surface area (Å²) in [6.45, 7) is 0. The number of nitrogens with one attached hydrogen (secondary N) is 1. The molecular weight excluding hydrogens is 142 g/mol. The average Bonchev–Trinajstić information content (AvgIpc) is 2.55. The molecule has 2 rings (SSSR count). The fraction of sp³-hybridized carbons (Fsp3) is 0.714. The number of hydrogen-bond acceptors (Lipinski definition) is 2. The van der Waals surface area contributed by atoms with Gasteiger partial charge in [0.15, 0.2) is 0 Å². The Morgan fingerprint density at radius 3 is 2.82 bits per heavy atom. The molecule has 1 aromatic rings. The fourth-order valence-electron chi connectivity index (χ4n) is 1.70. The molecule has 4 heteroatoms. The summed E-state index contributed by atoms with van der Waals surface area (Å²) in [5.74, 6) is 0. The number of nitrogens with zero attached hydrogens (tertiary/aromatic N) is 2. The van der Waals surface area contributed by atoms with Gasteiger partial charge in [0.2, 0.25) is 0 Å². The molecule has 11 heavy (non-hydrogen) atoms. The lowest BCUT2D eigenvalue weighted by atomic mass is 10.2. The lowest BCUT2D eigenvalue weighted by Gasteiger charge is -2.06. The second kappa shape index (κ2) is 2.53. The third-order valence-electron chi connectivity index (χ3n) is 2.29. The topological polar surface area (TPSA) is 50.7 Å². The number of aromatic amines is 1. The summed E-state index contributed by atoms with van der Waals surface area (Å²) in [5.41, 5.74) is -0.0723. The number of hydrogen-bond donors (Lipinski definition) is 1. The quantitative estimate of drug-likeness (QED) is 0.645. The van der Waals surface area contributed by atoms with Gasteiger partial charge in [0.25, 0.3) is 0 Å². The van der Waals surface area contributed by atoms with Crippen LogP contribution in [-0.4, -0.2) is 14.8 Å². The highest BCUT2D eigenvalue weighted by molar-refractivity contribution is 4.77. The molecule has 1 saturated carbocycles. The minimum atomic E-state index is -0.0723. The van der Waals surface area contributed by atoms with Crippen molar-refractivity contribution in [2.24, 2.45) is 0 Å². The molecule has 0 unspecified atom stereocenters. The van der Waals surface area contributed by atoms with E-state index in [-0.39, 0.29) is 5.69 Å². The van der Waals surface area contributed by atoms with Crippen LogP contribution in [0.25, 0.3) is 0 Å². The largest absolute Gasteiger partial charge is 0.343 e. The molecule has 1 fully saturated rings. The maximum atomic E-state index is 11.1. The first kappa shape index (κ1) is 6.64. The van der Waals surface area contributed by atoms with Gasteiger partial charge in [-0.25, -0.2) is 9.89 Å². The molecule has 0 saturated heterocycles. The van der Waals surface area contributed by atoms with E-state index in [1.807, 2.05) is 0 Å². The van der Waals surface area contributed by atoms with E-state index in [2.05, 4.69) is 10.2 Å². The molecule has 0 atom stereocenters.